The number of rotatable bonds is 3. The van der Waals surface area contributed by atoms with Crippen LogP contribution in [0.5, 0.6) is 0 Å². The fourth-order valence-electron chi connectivity index (χ4n) is 1.27. The Morgan fingerprint density at radius 2 is 2.06 bits per heavy atom. The highest BCUT2D eigenvalue weighted by atomic mass is 79.9. The molecule has 4 nitrogen and oxygen atoms in total. The number of amides is 1. The van der Waals surface area contributed by atoms with Crippen LogP contribution >= 0.6 is 27.3 Å². The van der Waals surface area contributed by atoms with Crippen molar-refractivity contribution in [3.63, 3.8) is 0 Å². The van der Waals surface area contributed by atoms with Crippen molar-refractivity contribution in [1.29, 1.82) is 0 Å². The molecule has 0 radical (unpaired) electrons. The lowest BCUT2D eigenvalue weighted by molar-refractivity contribution is 0.0954. The van der Waals surface area contributed by atoms with Gasteiger partial charge in [0.1, 0.15) is 0 Å². The minimum Gasteiger partial charge on any atom is -0.267 e. The van der Waals surface area contributed by atoms with E-state index in [1.807, 2.05) is 19.1 Å². The van der Waals surface area contributed by atoms with Gasteiger partial charge in [-0.1, -0.05) is 0 Å². The van der Waals surface area contributed by atoms with Gasteiger partial charge in [0.2, 0.25) is 0 Å². The summed E-state index contributed by atoms with van der Waals surface area (Å²) in [6.45, 7) is 1.85. The van der Waals surface area contributed by atoms with E-state index < -0.39 is 0 Å². The van der Waals surface area contributed by atoms with E-state index >= 15 is 0 Å². The summed E-state index contributed by atoms with van der Waals surface area (Å²) < 4.78 is 1.03. The summed E-state index contributed by atoms with van der Waals surface area (Å²) in [7, 11) is 0. The number of hydrogen-bond donors (Lipinski definition) is 1. The first kappa shape index (κ1) is 12.9. The van der Waals surface area contributed by atoms with Crippen LogP contribution in [0, 0.1) is 0 Å². The zero-order valence-electron chi connectivity index (χ0n) is 9.55. The predicted molar refractivity (Wildman–Crippen MR) is 75.9 cm³/mol. The summed E-state index contributed by atoms with van der Waals surface area (Å²) in [5, 5.41) is 4.07. The molecular formula is C12H10BrN3OS. The van der Waals surface area contributed by atoms with Crippen LogP contribution in [0.4, 0.5) is 0 Å². The summed E-state index contributed by atoms with van der Waals surface area (Å²) >= 11 is 4.95. The van der Waals surface area contributed by atoms with Crippen molar-refractivity contribution < 1.29 is 4.79 Å². The molecule has 2 aromatic heterocycles. The lowest BCUT2D eigenvalue weighted by Gasteiger charge is -2.00. The highest BCUT2D eigenvalue weighted by molar-refractivity contribution is 9.11. The molecule has 0 unspecified atom stereocenters. The number of carbonyl (C=O) groups is 1. The van der Waals surface area contributed by atoms with Gasteiger partial charge < -0.3 is 0 Å². The normalized spacial score (nSPS) is 11.3. The Hall–Kier alpha value is -1.53. The minimum atomic E-state index is -0.243. The van der Waals surface area contributed by atoms with E-state index in [0.717, 1.165) is 14.4 Å². The Labute approximate surface area is 117 Å². The van der Waals surface area contributed by atoms with Gasteiger partial charge in [0, 0.05) is 18.0 Å². The second-order valence-corrected chi connectivity index (χ2v) is 5.94. The maximum absolute atomic E-state index is 11.7. The third-order valence-electron chi connectivity index (χ3n) is 2.20. The van der Waals surface area contributed by atoms with Crippen molar-refractivity contribution in [1.82, 2.24) is 10.4 Å². The number of thiophene rings is 1. The van der Waals surface area contributed by atoms with Crippen molar-refractivity contribution in [2.45, 2.75) is 6.92 Å². The first-order valence-corrected chi connectivity index (χ1v) is 6.78. The van der Waals surface area contributed by atoms with Gasteiger partial charge in [0.05, 0.1) is 14.4 Å². The Morgan fingerprint density at radius 1 is 1.33 bits per heavy atom. The molecule has 2 heterocycles. The lowest BCUT2D eigenvalue weighted by atomic mass is 10.3. The molecule has 0 saturated carbocycles. The van der Waals surface area contributed by atoms with Crippen LogP contribution in [0.1, 0.15) is 22.2 Å². The zero-order valence-corrected chi connectivity index (χ0v) is 12.0. The second kappa shape index (κ2) is 5.88. The van der Waals surface area contributed by atoms with Gasteiger partial charge in [0.25, 0.3) is 5.91 Å². The van der Waals surface area contributed by atoms with Crippen LogP contribution in [0.25, 0.3) is 0 Å². The molecule has 0 aliphatic carbocycles. The number of pyridine rings is 1. The molecule has 2 rings (SSSR count). The van der Waals surface area contributed by atoms with Crippen LogP contribution in [-0.4, -0.2) is 16.6 Å². The number of nitrogens with one attached hydrogen (secondary N) is 1. The van der Waals surface area contributed by atoms with E-state index in [1.165, 1.54) is 0 Å². The Morgan fingerprint density at radius 3 is 2.67 bits per heavy atom. The van der Waals surface area contributed by atoms with Crippen molar-refractivity contribution >= 4 is 38.9 Å². The van der Waals surface area contributed by atoms with Crippen LogP contribution < -0.4 is 5.43 Å². The minimum absolute atomic E-state index is 0.243. The molecular weight excluding hydrogens is 314 g/mol. The number of hydrazone groups is 1. The monoisotopic (exact) mass is 323 g/mol. The number of aromatic nitrogens is 1. The first-order valence-electron chi connectivity index (χ1n) is 5.17. The molecule has 0 aliphatic rings. The first-order chi connectivity index (χ1) is 8.66. The van der Waals surface area contributed by atoms with Crippen molar-refractivity contribution in [2.75, 3.05) is 0 Å². The number of halogens is 1. The molecule has 0 bridgehead atoms. The quantitative estimate of drug-likeness (QED) is 0.697. The van der Waals surface area contributed by atoms with Gasteiger partial charge in [-0.05, 0) is 47.1 Å². The van der Waals surface area contributed by atoms with Gasteiger partial charge in [-0.3, -0.25) is 9.78 Å². The number of carbonyl (C=O) groups excluding carboxylic acids is 1. The van der Waals surface area contributed by atoms with Gasteiger partial charge in [-0.25, -0.2) is 5.43 Å². The lowest BCUT2D eigenvalue weighted by Crippen LogP contribution is -2.19. The summed E-state index contributed by atoms with van der Waals surface area (Å²) in [5.74, 6) is -0.243. The SMILES string of the molecule is C/C(=N/NC(=O)c1ccncc1)c1ccc(Br)s1. The topological polar surface area (TPSA) is 54.4 Å². The Bertz CT molecular complexity index is 580. The molecule has 92 valence electrons. The highest BCUT2D eigenvalue weighted by Gasteiger charge is 2.05. The fraction of sp³-hybridized carbons (Fsp3) is 0.0833. The molecule has 1 N–H and O–H groups in total. The summed E-state index contributed by atoms with van der Waals surface area (Å²) in [4.78, 5) is 16.6. The van der Waals surface area contributed by atoms with E-state index in [0.29, 0.717) is 5.56 Å². The predicted octanol–water partition coefficient (Wildman–Crippen LogP) is 3.06. The fourth-order valence-corrected chi connectivity index (χ4v) is 2.60. The molecule has 0 aromatic carbocycles. The van der Waals surface area contributed by atoms with Gasteiger partial charge >= 0.3 is 0 Å². The van der Waals surface area contributed by atoms with E-state index in [9.17, 15) is 4.79 Å². The molecule has 18 heavy (non-hydrogen) atoms. The molecule has 2 aromatic rings. The van der Waals surface area contributed by atoms with Crippen molar-refractivity contribution in [2.24, 2.45) is 5.10 Å². The maximum atomic E-state index is 11.7. The molecule has 0 aliphatic heterocycles. The largest absolute Gasteiger partial charge is 0.271 e. The van der Waals surface area contributed by atoms with Crippen LogP contribution in [0.2, 0.25) is 0 Å². The van der Waals surface area contributed by atoms with E-state index in [-0.39, 0.29) is 5.91 Å². The van der Waals surface area contributed by atoms with Crippen molar-refractivity contribution in [3.05, 3.63) is 50.9 Å². The maximum Gasteiger partial charge on any atom is 0.271 e. The molecule has 0 saturated heterocycles. The highest BCUT2D eigenvalue weighted by Crippen LogP contribution is 2.22. The van der Waals surface area contributed by atoms with Gasteiger partial charge in [0.15, 0.2) is 0 Å². The average molecular weight is 324 g/mol. The standard InChI is InChI=1S/C12H10BrN3OS/c1-8(10-2-3-11(13)18-10)15-16-12(17)9-4-6-14-7-5-9/h2-7H,1H3,(H,16,17)/b15-8-. The number of nitrogens with zero attached hydrogens (tertiary/aromatic N) is 2. The number of hydrogen-bond acceptors (Lipinski definition) is 4. The van der Waals surface area contributed by atoms with E-state index in [4.69, 9.17) is 0 Å². The molecule has 1 amide bonds. The zero-order chi connectivity index (χ0) is 13.0. The second-order valence-electron chi connectivity index (χ2n) is 3.48. The third kappa shape index (κ3) is 3.24. The Balaban J connectivity index is 2.05. The van der Waals surface area contributed by atoms with Crippen molar-refractivity contribution in [3.8, 4) is 0 Å². The van der Waals surface area contributed by atoms with Crippen LogP contribution in [0.15, 0.2) is 45.5 Å². The summed E-state index contributed by atoms with van der Waals surface area (Å²) in [6, 6.07) is 7.18. The molecule has 6 heteroatoms. The molecule has 0 fully saturated rings. The smallest absolute Gasteiger partial charge is 0.267 e. The molecule has 0 spiro atoms. The van der Waals surface area contributed by atoms with Crippen LogP contribution in [0.3, 0.4) is 0 Å². The van der Waals surface area contributed by atoms with Gasteiger partial charge in [-0.2, -0.15) is 5.10 Å². The van der Waals surface area contributed by atoms with E-state index in [2.05, 4.69) is 31.4 Å². The average Bonchev–Trinajstić information content (AvgIpc) is 2.83. The summed E-state index contributed by atoms with van der Waals surface area (Å²) in [5.41, 5.74) is 3.83. The molecule has 0 atom stereocenters. The third-order valence-corrected chi connectivity index (χ3v) is 3.93. The van der Waals surface area contributed by atoms with Crippen LogP contribution in [-0.2, 0) is 0 Å². The summed E-state index contributed by atoms with van der Waals surface area (Å²) in [6.07, 6.45) is 3.14. The van der Waals surface area contributed by atoms with E-state index in [1.54, 1.807) is 35.9 Å². The Kier molecular flexibility index (Phi) is 4.22. The van der Waals surface area contributed by atoms with Gasteiger partial charge in [-0.15, -0.1) is 11.3 Å².